The van der Waals surface area contributed by atoms with Crippen LogP contribution in [0.1, 0.15) is 11.1 Å². The molecule has 0 spiro atoms. The Hall–Kier alpha value is -4.04. The quantitative estimate of drug-likeness (QED) is 0.299. The number of nitrogens with zero attached hydrogens (tertiary/aromatic N) is 3. The molecule has 0 aliphatic carbocycles. The monoisotopic (exact) mass is 422 g/mol. The third-order valence-electron chi connectivity index (χ3n) is 4.06. The number of hydrogen-bond donors (Lipinski definition) is 1. The van der Waals surface area contributed by atoms with Gasteiger partial charge in [-0.1, -0.05) is 60.1 Å². The van der Waals surface area contributed by atoms with E-state index in [0.717, 1.165) is 17.2 Å². The molecule has 9 heteroatoms. The van der Waals surface area contributed by atoms with Crippen molar-refractivity contribution >= 4 is 40.5 Å². The highest BCUT2D eigenvalue weighted by molar-refractivity contribution is 6.30. The Balaban J connectivity index is 1.97. The standard InChI is InChI=1S/C21H15ClN4O4/c22-17-9-7-16(8-10-17)19(12-6-15-4-2-1-3-5-15)23-24-20-13-11-18(25(27)28)14-21(20)26(29)30/h1-14,24H/b12-6+,23-19-. The number of rotatable bonds is 7. The number of nitro benzene ring substituents is 2. The van der Waals surface area contributed by atoms with Crippen molar-refractivity contribution in [3.63, 3.8) is 0 Å². The van der Waals surface area contributed by atoms with Crippen LogP contribution >= 0.6 is 11.6 Å². The van der Waals surface area contributed by atoms with Gasteiger partial charge in [-0.15, -0.1) is 0 Å². The zero-order valence-corrected chi connectivity index (χ0v) is 16.2. The van der Waals surface area contributed by atoms with Gasteiger partial charge in [0, 0.05) is 16.7 Å². The maximum atomic E-state index is 11.3. The zero-order chi connectivity index (χ0) is 21.5. The fraction of sp³-hybridized carbons (Fsp3) is 0. The molecule has 0 aliphatic rings. The van der Waals surface area contributed by atoms with E-state index >= 15 is 0 Å². The molecule has 0 heterocycles. The van der Waals surface area contributed by atoms with Crippen LogP contribution in [0, 0.1) is 20.2 Å². The number of allylic oxidation sites excluding steroid dienone is 1. The Morgan fingerprint density at radius 2 is 1.63 bits per heavy atom. The van der Waals surface area contributed by atoms with E-state index in [9.17, 15) is 20.2 Å². The minimum atomic E-state index is -0.702. The molecule has 1 N–H and O–H groups in total. The van der Waals surface area contributed by atoms with Crippen molar-refractivity contribution < 1.29 is 9.85 Å². The molecule has 8 nitrogen and oxygen atoms in total. The maximum Gasteiger partial charge on any atom is 0.301 e. The molecule has 0 unspecified atom stereocenters. The first-order valence-corrected chi connectivity index (χ1v) is 9.07. The van der Waals surface area contributed by atoms with Gasteiger partial charge in [0.05, 0.1) is 21.6 Å². The number of hydrazone groups is 1. The average molecular weight is 423 g/mol. The lowest BCUT2D eigenvalue weighted by molar-refractivity contribution is -0.393. The van der Waals surface area contributed by atoms with Crippen LogP contribution in [-0.4, -0.2) is 15.6 Å². The molecule has 0 aliphatic heterocycles. The number of halogens is 1. The van der Waals surface area contributed by atoms with Crippen molar-refractivity contribution in [2.24, 2.45) is 5.10 Å². The van der Waals surface area contributed by atoms with Gasteiger partial charge in [-0.25, -0.2) is 0 Å². The van der Waals surface area contributed by atoms with Gasteiger partial charge in [-0.05, 0) is 29.8 Å². The smallest absolute Gasteiger partial charge is 0.271 e. The van der Waals surface area contributed by atoms with Gasteiger partial charge in [-0.2, -0.15) is 5.10 Å². The minimum absolute atomic E-state index is 0.0326. The summed E-state index contributed by atoms with van der Waals surface area (Å²) in [6.45, 7) is 0. The highest BCUT2D eigenvalue weighted by Gasteiger charge is 2.19. The topological polar surface area (TPSA) is 111 Å². The SMILES string of the molecule is O=[N+]([O-])c1ccc(N/N=C(/C=C/c2ccccc2)c2ccc(Cl)cc2)c([N+](=O)[O-])c1. The lowest BCUT2D eigenvalue weighted by Gasteiger charge is -2.06. The van der Waals surface area contributed by atoms with Crippen LogP contribution in [0.3, 0.4) is 0 Å². The average Bonchev–Trinajstić information content (AvgIpc) is 2.75. The zero-order valence-electron chi connectivity index (χ0n) is 15.4. The van der Waals surface area contributed by atoms with Crippen molar-refractivity contribution in [3.8, 4) is 0 Å². The summed E-state index contributed by atoms with van der Waals surface area (Å²) in [6.07, 6.45) is 3.60. The molecular formula is C21H15ClN4O4. The van der Waals surface area contributed by atoms with Gasteiger partial charge in [-0.3, -0.25) is 25.7 Å². The summed E-state index contributed by atoms with van der Waals surface area (Å²) in [4.78, 5) is 20.8. The fourth-order valence-corrected chi connectivity index (χ4v) is 2.68. The van der Waals surface area contributed by atoms with E-state index in [1.54, 1.807) is 30.3 Å². The predicted molar refractivity (Wildman–Crippen MR) is 117 cm³/mol. The highest BCUT2D eigenvalue weighted by atomic mass is 35.5. The largest absolute Gasteiger partial charge is 0.301 e. The molecule has 0 bridgehead atoms. The summed E-state index contributed by atoms with van der Waals surface area (Å²) in [5.41, 5.74) is 4.02. The predicted octanol–water partition coefficient (Wildman–Crippen LogP) is 5.69. The van der Waals surface area contributed by atoms with Crippen molar-refractivity contribution in [2.75, 3.05) is 5.43 Å². The van der Waals surface area contributed by atoms with E-state index in [0.29, 0.717) is 10.7 Å². The van der Waals surface area contributed by atoms with Crippen molar-refractivity contribution in [2.45, 2.75) is 0 Å². The molecule has 0 aromatic heterocycles. The summed E-state index contributed by atoms with van der Waals surface area (Å²) in [6, 6.07) is 19.8. The Kier molecular flexibility index (Phi) is 6.51. The second-order valence-corrected chi connectivity index (χ2v) is 6.51. The number of nitro groups is 2. The molecule has 3 aromatic rings. The molecule has 0 fully saturated rings. The summed E-state index contributed by atoms with van der Waals surface area (Å²) < 4.78 is 0. The van der Waals surface area contributed by atoms with Gasteiger partial charge in [0.25, 0.3) is 5.69 Å². The maximum absolute atomic E-state index is 11.3. The van der Waals surface area contributed by atoms with Gasteiger partial charge in [0.15, 0.2) is 0 Å². The minimum Gasteiger partial charge on any atom is -0.271 e. The molecule has 3 rings (SSSR count). The molecule has 30 heavy (non-hydrogen) atoms. The lowest BCUT2D eigenvalue weighted by atomic mass is 10.1. The first kappa shape index (κ1) is 20.7. The van der Waals surface area contributed by atoms with Crippen LogP contribution < -0.4 is 5.43 Å². The molecule has 150 valence electrons. The number of non-ortho nitro benzene ring substituents is 1. The Bertz CT molecular complexity index is 1130. The number of hydrogen-bond acceptors (Lipinski definition) is 6. The van der Waals surface area contributed by atoms with Gasteiger partial charge in [0.2, 0.25) is 0 Å². The molecule has 3 aromatic carbocycles. The number of anilines is 1. The lowest BCUT2D eigenvalue weighted by Crippen LogP contribution is -2.03. The summed E-state index contributed by atoms with van der Waals surface area (Å²) in [5, 5.41) is 27.1. The van der Waals surface area contributed by atoms with E-state index in [-0.39, 0.29) is 11.4 Å². The Morgan fingerprint density at radius 1 is 0.933 bits per heavy atom. The van der Waals surface area contributed by atoms with Crippen LogP contribution in [0.15, 0.2) is 84.0 Å². The van der Waals surface area contributed by atoms with E-state index in [1.165, 1.54) is 12.1 Å². The van der Waals surface area contributed by atoms with E-state index < -0.39 is 15.5 Å². The van der Waals surface area contributed by atoms with Gasteiger partial charge in [0.1, 0.15) is 5.69 Å². The van der Waals surface area contributed by atoms with E-state index in [1.807, 2.05) is 36.4 Å². The van der Waals surface area contributed by atoms with Crippen molar-refractivity contribution in [3.05, 3.63) is 115 Å². The third-order valence-corrected chi connectivity index (χ3v) is 4.31. The van der Waals surface area contributed by atoms with Crippen LogP contribution in [0.5, 0.6) is 0 Å². The molecule has 0 atom stereocenters. The van der Waals surface area contributed by atoms with E-state index in [4.69, 9.17) is 11.6 Å². The fourth-order valence-electron chi connectivity index (χ4n) is 2.56. The van der Waals surface area contributed by atoms with Crippen LogP contribution in [0.25, 0.3) is 6.08 Å². The molecule has 0 amide bonds. The van der Waals surface area contributed by atoms with Crippen molar-refractivity contribution in [1.29, 1.82) is 0 Å². The highest BCUT2D eigenvalue weighted by Crippen LogP contribution is 2.29. The Labute approximate surface area is 176 Å². The molecule has 0 radical (unpaired) electrons. The van der Waals surface area contributed by atoms with Crippen LogP contribution in [-0.2, 0) is 0 Å². The number of benzene rings is 3. The van der Waals surface area contributed by atoms with Crippen molar-refractivity contribution in [1.82, 2.24) is 0 Å². The molecular weight excluding hydrogens is 408 g/mol. The first-order valence-electron chi connectivity index (χ1n) is 8.69. The third kappa shape index (κ3) is 5.27. The second-order valence-electron chi connectivity index (χ2n) is 6.08. The van der Waals surface area contributed by atoms with Crippen LogP contribution in [0.2, 0.25) is 5.02 Å². The summed E-state index contributed by atoms with van der Waals surface area (Å²) >= 11 is 5.95. The van der Waals surface area contributed by atoms with Gasteiger partial charge >= 0.3 is 5.69 Å². The van der Waals surface area contributed by atoms with Gasteiger partial charge < -0.3 is 0 Å². The summed E-state index contributed by atoms with van der Waals surface area (Å²) in [5.74, 6) is 0. The summed E-state index contributed by atoms with van der Waals surface area (Å²) in [7, 11) is 0. The first-order chi connectivity index (χ1) is 14.4. The molecule has 0 saturated heterocycles. The molecule has 0 saturated carbocycles. The number of nitrogens with one attached hydrogen (secondary N) is 1. The van der Waals surface area contributed by atoms with Crippen LogP contribution in [0.4, 0.5) is 17.1 Å². The van der Waals surface area contributed by atoms with E-state index in [2.05, 4.69) is 10.5 Å². The normalized spacial score (nSPS) is 11.4. The second kappa shape index (κ2) is 9.44. The Morgan fingerprint density at radius 3 is 2.27 bits per heavy atom.